The normalized spacial score (nSPS) is 11.0. The lowest BCUT2D eigenvalue weighted by molar-refractivity contribution is -0.122. The molecule has 0 fully saturated rings. The van der Waals surface area contributed by atoms with Crippen molar-refractivity contribution >= 4 is 5.91 Å². The van der Waals surface area contributed by atoms with Crippen LogP contribution in [0.5, 0.6) is 0 Å². The van der Waals surface area contributed by atoms with Crippen LogP contribution in [-0.2, 0) is 4.79 Å². The lowest BCUT2D eigenvalue weighted by Crippen LogP contribution is -2.41. The van der Waals surface area contributed by atoms with Gasteiger partial charge in [0.1, 0.15) is 0 Å². The Hall–Kier alpha value is -0.610. The van der Waals surface area contributed by atoms with E-state index in [0.29, 0.717) is 12.5 Å². The number of hydrazine groups is 1. The smallest absolute Gasteiger partial charge is 0.248 e. The molecule has 0 radical (unpaired) electrons. The van der Waals surface area contributed by atoms with Gasteiger partial charge in [-0.15, -0.1) is 0 Å². The number of amides is 1. The van der Waals surface area contributed by atoms with E-state index in [0.717, 1.165) is 25.9 Å². The molecule has 0 saturated heterocycles. The van der Waals surface area contributed by atoms with Crippen molar-refractivity contribution in [3.8, 4) is 0 Å². The van der Waals surface area contributed by atoms with E-state index in [1.165, 1.54) is 0 Å². The fourth-order valence-corrected chi connectivity index (χ4v) is 1.47. The zero-order valence-corrected chi connectivity index (χ0v) is 9.55. The van der Waals surface area contributed by atoms with Gasteiger partial charge < -0.3 is 0 Å². The Morgan fingerprint density at radius 1 is 1.36 bits per heavy atom. The molecule has 3 N–H and O–H groups in total. The summed E-state index contributed by atoms with van der Waals surface area (Å²) in [4.78, 5) is 13.2. The summed E-state index contributed by atoms with van der Waals surface area (Å²) in [6.45, 7) is 8.71. The topological polar surface area (TPSA) is 58.4 Å². The highest BCUT2D eigenvalue weighted by atomic mass is 16.2. The van der Waals surface area contributed by atoms with E-state index >= 15 is 0 Å². The number of hydrogen-bond acceptors (Lipinski definition) is 3. The largest absolute Gasteiger partial charge is 0.294 e. The highest BCUT2D eigenvalue weighted by Crippen LogP contribution is 2.09. The maximum Gasteiger partial charge on any atom is 0.248 e. The van der Waals surface area contributed by atoms with Gasteiger partial charge in [-0.25, -0.2) is 5.84 Å². The predicted molar refractivity (Wildman–Crippen MR) is 58.5 cm³/mol. The number of carbonyl (C=O) groups is 1. The van der Waals surface area contributed by atoms with Crippen molar-refractivity contribution in [2.75, 3.05) is 19.6 Å². The van der Waals surface area contributed by atoms with Crippen LogP contribution in [0, 0.1) is 5.92 Å². The van der Waals surface area contributed by atoms with Crippen LogP contribution in [-0.4, -0.2) is 30.4 Å². The maximum atomic E-state index is 11.1. The molecule has 0 spiro atoms. The van der Waals surface area contributed by atoms with Crippen LogP contribution in [0.3, 0.4) is 0 Å². The number of rotatable bonds is 7. The zero-order chi connectivity index (χ0) is 11.0. The lowest BCUT2D eigenvalue weighted by atomic mass is 10.0. The molecule has 0 saturated carbocycles. The minimum Gasteiger partial charge on any atom is -0.294 e. The van der Waals surface area contributed by atoms with Crippen LogP contribution in [0.25, 0.3) is 0 Å². The summed E-state index contributed by atoms with van der Waals surface area (Å²) in [5.74, 6) is 5.61. The summed E-state index contributed by atoms with van der Waals surface area (Å²) in [6, 6.07) is 0. The van der Waals surface area contributed by atoms with Crippen LogP contribution in [0.1, 0.15) is 33.6 Å². The van der Waals surface area contributed by atoms with Gasteiger partial charge in [-0.2, -0.15) is 0 Å². The summed E-state index contributed by atoms with van der Waals surface area (Å²) in [7, 11) is 0. The Labute approximate surface area is 86.8 Å². The lowest BCUT2D eigenvalue weighted by Gasteiger charge is -2.24. The Morgan fingerprint density at radius 3 is 2.29 bits per heavy atom. The van der Waals surface area contributed by atoms with Gasteiger partial charge in [0, 0.05) is 6.54 Å². The molecular formula is C10H23N3O. The van der Waals surface area contributed by atoms with Gasteiger partial charge >= 0.3 is 0 Å². The third-order valence-electron chi connectivity index (χ3n) is 2.65. The molecule has 14 heavy (non-hydrogen) atoms. The van der Waals surface area contributed by atoms with Crippen LogP contribution >= 0.6 is 0 Å². The van der Waals surface area contributed by atoms with Crippen molar-refractivity contribution in [3.05, 3.63) is 0 Å². The van der Waals surface area contributed by atoms with Crippen LogP contribution in [0.2, 0.25) is 0 Å². The second kappa shape index (κ2) is 7.76. The molecule has 0 aliphatic rings. The third kappa shape index (κ3) is 5.19. The molecule has 0 atom stereocenters. The highest BCUT2D eigenvalue weighted by molar-refractivity contribution is 5.77. The van der Waals surface area contributed by atoms with Crippen LogP contribution in [0.15, 0.2) is 0 Å². The van der Waals surface area contributed by atoms with Gasteiger partial charge in [-0.1, -0.05) is 33.6 Å². The molecule has 0 heterocycles. The molecule has 0 unspecified atom stereocenters. The van der Waals surface area contributed by atoms with Gasteiger partial charge in [-0.3, -0.25) is 15.1 Å². The fourth-order valence-electron chi connectivity index (χ4n) is 1.47. The number of nitrogens with one attached hydrogen (secondary N) is 1. The van der Waals surface area contributed by atoms with E-state index in [-0.39, 0.29) is 5.91 Å². The van der Waals surface area contributed by atoms with Crippen molar-refractivity contribution in [3.63, 3.8) is 0 Å². The number of nitrogens with two attached hydrogens (primary N) is 1. The summed E-state index contributed by atoms with van der Waals surface area (Å²) in [5, 5.41) is 0. The van der Waals surface area contributed by atoms with Gasteiger partial charge in [0.05, 0.1) is 6.54 Å². The first kappa shape index (κ1) is 13.4. The molecule has 0 aromatic rings. The van der Waals surface area contributed by atoms with Crippen molar-refractivity contribution in [1.82, 2.24) is 10.3 Å². The third-order valence-corrected chi connectivity index (χ3v) is 2.65. The Kier molecular flexibility index (Phi) is 7.42. The number of carbonyl (C=O) groups excluding carboxylic acids is 1. The Bertz CT molecular complexity index is 157. The Morgan fingerprint density at radius 2 is 1.93 bits per heavy atom. The number of hydrogen-bond donors (Lipinski definition) is 2. The monoisotopic (exact) mass is 201 g/mol. The average Bonchev–Trinajstić information content (AvgIpc) is 2.23. The minimum absolute atomic E-state index is 0.113. The van der Waals surface area contributed by atoms with Crippen molar-refractivity contribution in [2.24, 2.45) is 11.8 Å². The van der Waals surface area contributed by atoms with E-state index in [1.807, 2.05) is 0 Å². The highest BCUT2D eigenvalue weighted by Gasteiger charge is 2.12. The van der Waals surface area contributed by atoms with E-state index in [9.17, 15) is 4.79 Å². The van der Waals surface area contributed by atoms with Crippen LogP contribution in [0.4, 0.5) is 0 Å². The molecule has 4 heteroatoms. The average molecular weight is 201 g/mol. The van der Waals surface area contributed by atoms with Gasteiger partial charge in [-0.05, 0) is 12.5 Å². The first-order valence-electron chi connectivity index (χ1n) is 5.39. The standard InChI is InChI=1S/C10H23N3O/c1-4-9(5-2)7-13(6-3)8-10(14)12-11/h9H,4-8,11H2,1-3H3,(H,12,14). The molecule has 0 aromatic carbocycles. The molecule has 0 aromatic heterocycles. The summed E-state index contributed by atoms with van der Waals surface area (Å²) in [5.41, 5.74) is 2.16. The van der Waals surface area contributed by atoms with Crippen molar-refractivity contribution in [2.45, 2.75) is 33.6 Å². The minimum atomic E-state index is -0.113. The Balaban J connectivity index is 3.94. The number of likely N-dealkylation sites (N-methyl/N-ethyl adjacent to an activating group) is 1. The van der Waals surface area contributed by atoms with E-state index in [4.69, 9.17) is 5.84 Å². The van der Waals surface area contributed by atoms with Gasteiger partial charge in [0.25, 0.3) is 0 Å². The van der Waals surface area contributed by atoms with Crippen molar-refractivity contribution < 1.29 is 4.79 Å². The molecular weight excluding hydrogens is 178 g/mol. The molecule has 1 amide bonds. The zero-order valence-electron chi connectivity index (χ0n) is 9.55. The first-order chi connectivity index (χ1) is 6.67. The molecule has 0 aliphatic carbocycles. The molecule has 4 nitrogen and oxygen atoms in total. The van der Waals surface area contributed by atoms with Crippen LogP contribution < -0.4 is 11.3 Å². The van der Waals surface area contributed by atoms with E-state index < -0.39 is 0 Å². The van der Waals surface area contributed by atoms with E-state index in [2.05, 4.69) is 31.1 Å². The summed E-state index contributed by atoms with van der Waals surface area (Å²) in [6.07, 6.45) is 2.33. The van der Waals surface area contributed by atoms with Crippen molar-refractivity contribution in [1.29, 1.82) is 0 Å². The molecule has 84 valence electrons. The number of nitrogens with zero attached hydrogens (tertiary/aromatic N) is 1. The second-order valence-electron chi connectivity index (χ2n) is 3.58. The van der Waals surface area contributed by atoms with Gasteiger partial charge in [0.15, 0.2) is 0 Å². The molecule has 0 rings (SSSR count). The van der Waals surface area contributed by atoms with E-state index in [1.54, 1.807) is 0 Å². The summed E-state index contributed by atoms with van der Waals surface area (Å²) < 4.78 is 0. The summed E-state index contributed by atoms with van der Waals surface area (Å²) >= 11 is 0. The molecule has 0 aliphatic heterocycles. The first-order valence-corrected chi connectivity index (χ1v) is 5.39. The fraction of sp³-hybridized carbons (Fsp3) is 0.900. The predicted octanol–water partition coefficient (Wildman–Crippen LogP) is 0.734. The quantitative estimate of drug-likeness (QED) is 0.363. The second-order valence-corrected chi connectivity index (χ2v) is 3.58. The van der Waals surface area contributed by atoms with Gasteiger partial charge in [0.2, 0.25) is 5.91 Å². The SMILES string of the molecule is CCC(CC)CN(CC)CC(=O)NN. The maximum absolute atomic E-state index is 11.1. The molecule has 0 bridgehead atoms.